The van der Waals surface area contributed by atoms with Crippen LogP contribution in [0.25, 0.3) is 0 Å². The Morgan fingerprint density at radius 2 is 1.90 bits per heavy atom. The molecular formula is C17H23N3O. The minimum atomic E-state index is 0.368. The van der Waals surface area contributed by atoms with Crippen molar-refractivity contribution in [2.45, 2.75) is 45.1 Å². The number of nitrogens with zero attached hydrogens (tertiary/aromatic N) is 2. The van der Waals surface area contributed by atoms with Gasteiger partial charge < -0.3 is 9.84 Å². The molecule has 0 saturated carbocycles. The van der Waals surface area contributed by atoms with Crippen molar-refractivity contribution in [2.24, 2.45) is 5.92 Å². The highest BCUT2D eigenvalue weighted by Gasteiger charge is 2.27. The van der Waals surface area contributed by atoms with Gasteiger partial charge in [-0.1, -0.05) is 43.3 Å². The summed E-state index contributed by atoms with van der Waals surface area (Å²) in [5, 5.41) is 7.53. The van der Waals surface area contributed by atoms with Crippen molar-refractivity contribution >= 4 is 0 Å². The number of fused-ring (bicyclic) bond motifs is 1. The van der Waals surface area contributed by atoms with Gasteiger partial charge in [0.05, 0.1) is 0 Å². The Hall–Kier alpha value is -1.68. The summed E-state index contributed by atoms with van der Waals surface area (Å²) in [5.74, 6) is 2.52. The van der Waals surface area contributed by atoms with Crippen molar-refractivity contribution in [1.29, 1.82) is 0 Å². The molecule has 0 fully saturated rings. The second-order valence-corrected chi connectivity index (χ2v) is 6.26. The summed E-state index contributed by atoms with van der Waals surface area (Å²) in [6.45, 7) is 4.40. The molecule has 0 spiro atoms. The van der Waals surface area contributed by atoms with Crippen LogP contribution in [0, 0.1) is 5.92 Å². The fraction of sp³-hybridized carbons (Fsp3) is 0.529. The lowest BCUT2D eigenvalue weighted by atomic mass is 10.0. The Labute approximate surface area is 126 Å². The SMILES string of the molecule is CNC(Cc1nc(C2Cc3ccccc3C2)no1)C(C)C. The third-order valence-corrected chi connectivity index (χ3v) is 4.47. The molecule has 21 heavy (non-hydrogen) atoms. The minimum absolute atomic E-state index is 0.368. The molecule has 4 heteroatoms. The van der Waals surface area contributed by atoms with Gasteiger partial charge in [-0.15, -0.1) is 0 Å². The molecule has 0 amide bonds. The van der Waals surface area contributed by atoms with Crippen LogP contribution in [-0.2, 0) is 19.3 Å². The van der Waals surface area contributed by atoms with Crippen LogP contribution < -0.4 is 5.32 Å². The number of rotatable bonds is 5. The van der Waals surface area contributed by atoms with Crippen LogP contribution in [0.3, 0.4) is 0 Å². The second kappa shape index (κ2) is 5.98. The molecule has 1 unspecified atom stereocenters. The monoisotopic (exact) mass is 285 g/mol. The van der Waals surface area contributed by atoms with Gasteiger partial charge in [-0.25, -0.2) is 0 Å². The van der Waals surface area contributed by atoms with E-state index >= 15 is 0 Å². The number of hydrogen-bond acceptors (Lipinski definition) is 4. The molecule has 0 saturated heterocycles. The second-order valence-electron chi connectivity index (χ2n) is 6.26. The molecule has 1 aromatic heterocycles. The molecule has 0 radical (unpaired) electrons. The number of nitrogens with one attached hydrogen (secondary N) is 1. The Morgan fingerprint density at radius 3 is 2.48 bits per heavy atom. The number of benzene rings is 1. The van der Waals surface area contributed by atoms with Crippen molar-refractivity contribution in [3.63, 3.8) is 0 Å². The first-order valence-corrected chi connectivity index (χ1v) is 7.74. The predicted octanol–water partition coefficient (Wildman–Crippen LogP) is 2.74. The summed E-state index contributed by atoms with van der Waals surface area (Å²) in [7, 11) is 1.98. The van der Waals surface area contributed by atoms with Gasteiger partial charge in [0, 0.05) is 18.4 Å². The van der Waals surface area contributed by atoms with Crippen LogP contribution in [0.15, 0.2) is 28.8 Å². The van der Waals surface area contributed by atoms with Gasteiger partial charge in [-0.05, 0) is 36.9 Å². The lowest BCUT2D eigenvalue weighted by Crippen LogP contribution is -2.32. The van der Waals surface area contributed by atoms with Gasteiger partial charge in [0.2, 0.25) is 5.89 Å². The van der Waals surface area contributed by atoms with Gasteiger partial charge in [-0.2, -0.15) is 4.98 Å². The van der Waals surface area contributed by atoms with Crippen molar-refractivity contribution < 1.29 is 4.52 Å². The van der Waals surface area contributed by atoms with Crippen LogP contribution in [0.2, 0.25) is 0 Å². The number of likely N-dealkylation sites (N-methyl/N-ethyl adjacent to an activating group) is 1. The van der Waals surface area contributed by atoms with Crippen LogP contribution >= 0.6 is 0 Å². The average Bonchev–Trinajstić information content (AvgIpc) is 3.10. The molecule has 1 atom stereocenters. The highest BCUT2D eigenvalue weighted by atomic mass is 16.5. The Balaban J connectivity index is 1.69. The molecule has 3 rings (SSSR count). The standard InChI is InChI=1S/C17H23N3O/c1-11(2)15(18-3)10-16-19-17(20-21-16)14-8-12-6-4-5-7-13(12)9-14/h4-7,11,14-15,18H,8-10H2,1-3H3. The smallest absolute Gasteiger partial charge is 0.228 e. The molecule has 4 nitrogen and oxygen atoms in total. The maximum absolute atomic E-state index is 5.46. The fourth-order valence-corrected chi connectivity index (χ4v) is 3.12. The summed E-state index contributed by atoms with van der Waals surface area (Å²) < 4.78 is 5.46. The summed E-state index contributed by atoms with van der Waals surface area (Å²) in [4.78, 5) is 4.63. The van der Waals surface area contributed by atoms with E-state index in [1.807, 2.05) is 7.05 Å². The third-order valence-electron chi connectivity index (χ3n) is 4.47. The first kappa shape index (κ1) is 14.3. The van der Waals surface area contributed by atoms with E-state index in [0.717, 1.165) is 31.0 Å². The minimum Gasteiger partial charge on any atom is -0.339 e. The van der Waals surface area contributed by atoms with E-state index in [1.165, 1.54) is 11.1 Å². The molecule has 0 aliphatic heterocycles. The zero-order valence-corrected chi connectivity index (χ0v) is 13.0. The van der Waals surface area contributed by atoms with E-state index in [9.17, 15) is 0 Å². The van der Waals surface area contributed by atoms with Crippen molar-refractivity contribution in [1.82, 2.24) is 15.5 Å². The first-order chi connectivity index (χ1) is 10.2. The quantitative estimate of drug-likeness (QED) is 0.917. The van der Waals surface area contributed by atoms with Gasteiger partial charge in [-0.3, -0.25) is 0 Å². The molecule has 0 bridgehead atoms. The molecular weight excluding hydrogens is 262 g/mol. The van der Waals surface area contributed by atoms with E-state index in [1.54, 1.807) is 0 Å². The highest BCUT2D eigenvalue weighted by molar-refractivity contribution is 5.34. The summed E-state index contributed by atoms with van der Waals surface area (Å²) in [6, 6.07) is 8.98. The van der Waals surface area contributed by atoms with E-state index < -0.39 is 0 Å². The van der Waals surface area contributed by atoms with E-state index in [0.29, 0.717) is 17.9 Å². The topological polar surface area (TPSA) is 51.0 Å². The molecule has 1 N–H and O–H groups in total. The summed E-state index contributed by atoms with van der Waals surface area (Å²) in [6.07, 6.45) is 2.84. The lowest BCUT2D eigenvalue weighted by molar-refractivity contribution is 0.332. The van der Waals surface area contributed by atoms with Crippen molar-refractivity contribution in [2.75, 3.05) is 7.05 Å². The van der Waals surface area contributed by atoms with Crippen LogP contribution in [0.1, 0.15) is 42.6 Å². The molecule has 1 heterocycles. The summed E-state index contributed by atoms with van der Waals surface area (Å²) in [5.41, 5.74) is 2.84. The fourth-order valence-electron chi connectivity index (χ4n) is 3.12. The lowest BCUT2D eigenvalue weighted by Gasteiger charge is -2.17. The van der Waals surface area contributed by atoms with E-state index in [2.05, 4.69) is 53.6 Å². The van der Waals surface area contributed by atoms with Gasteiger partial charge in [0.1, 0.15) is 0 Å². The van der Waals surface area contributed by atoms with Crippen LogP contribution in [0.5, 0.6) is 0 Å². The molecule has 1 aliphatic carbocycles. The van der Waals surface area contributed by atoms with Crippen molar-refractivity contribution in [3.05, 3.63) is 47.1 Å². The number of hydrogen-bond donors (Lipinski definition) is 1. The predicted molar refractivity (Wildman–Crippen MR) is 82.3 cm³/mol. The van der Waals surface area contributed by atoms with Gasteiger partial charge in [0.15, 0.2) is 5.82 Å². The summed E-state index contributed by atoms with van der Waals surface area (Å²) >= 11 is 0. The average molecular weight is 285 g/mol. The zero-order chi connectivity index (χ0) is 14.8. The van der Waals surface area contributed by atoms with Gasteiger partial charge in [0.25, 0.3) is 0 Å². The Bertz CT molecular complexity index is 581. The van der Waals surface area contributed by atoms with Gasteiger partial charge >= 0.3 is 0 Å². The first-order valence-electron chi connectivity index (χ1n) is 7.74. The Morgan fingerprint density at radius 1 is 1.24 bits per heavy atom. The largest absolute Gasteiger partial charge is 0.339 e. The molecule has 2 aromatic rings. The maximum atomic E-state index is 5.46. The third kappa shape index (κ3) is 3.00. The number of aromatic nitrogens is 2. The Kier molecular flexibility index (Phi) is 4.06. The van der Waals surface area contributed by atoms with Crippen molar-refractivity contribution in [3.8, 4) is 0 Å². The maximum Gasteiger partial charge on any atom is 0.228 e. The van der Waals surface area contributed by atoms with E-state index in [-0.39, 0.29) is 0 Å². The zero-order valence-electron chi connectivity index (χ0n) is 13.0. The normalized spacial score (nSPS) is 16.4. The molecule has 1 aromatic carbocycles. The van der Waals surface area contributed by atoms with Crippen LogP contribution in [0.4, 0.5) is 0 Å². The molecule has 112 valence electrons. The van der Waals surface area contributed by atoms with E-state index in [4.69, 9.17) is 4.52 Å². The molecule has 1 aliphatic rings. The highest BCUT2D eigenvalue weighted by Crippen LogP contribution is 2.32. The van der Waals surface area contributed by atoms with Crippen LogP contribution in [-0.4, -0.2) is 23.2 Å².